The molecule has 0 aliphatic rings. The molecule has 0 amide bonds. The first-order valence-electron chi connectivity index (χ1n) is 6.16. The molecule has 0 spiro atoms. The maximum absolute atomic E-state index is 12.5. The average Bonchev–Trinajstić information content (AvgIpc) is 2.44. The van der Waals surface area contributed by atoms with Gasteiger partial charge in [-0.25, -0.2) is 0 Å². The molecule has 3 aromatic rings. The highest BCUT2D eigenvalue weighted by molar-refractivity contribution is 9.10. The molecule has 0 aliphatic carbocycles. The Morgan fingerprint density at radius 3 is 2.38 bits per heavy atom. The average molecular weight is 384 g/mol. The molecule has 5 heteroatoms. The topological polar surface area (TPSA) is 30.2 Å². The first-order chi connectivity index (χ1) is 9.97. The van der Waals surface area contributed by atoms with Crippen LogP contribution >= 0.6 is 39.1 Å². The Balaban J connectivity index is 2.37. The fraction of sp³-hybridized carbons (Fsp3) is 0.0625. The summed E-state index contributed by atoms with van der Waals surface area (Å²) in [4.78, 5) is 12.5. The van der Waals surface area contributed by atoms with Crippen molar-refractivity contribution in [3.05, 3.63) is 66.7 Å². The Bertz CT molecular complexity index is 899. The van der Waals surface area contributed by atoms with Gasteiger partial charge < -0.3 is 4.42 Å². The minimum absolute atomic E-state index is 0.0931. The fourth-order valence-electron chi connectivity index (χ4n) is 2.19. The minimum atomic E-state index is -0.0931. The number of fused-ring (bicyclic) bond motifs is 1. The Labute approximate surface area is 139 Å². The van der Waals surface area contributed by atoms with Gasteiger partial charge in [0.05, 0.1) is 9.86 Å². The highest BCUT2D eigenvalue weighted by Crippen LogP contribution is 2.32. The maximum Gasteiger partial charge on any atom is 0.196 e. The smallest absolute Gasteiger partial charge is 0.196 e. The molecular weight excluding hydrogens is 375 g/mol. The van der Waals surface area contributed by atoms with Crippen molar-refractivity contribution in [3.8, 4) is 11.3 Å². The van der Waals surface area contributed by atoms with Crippen molar-refractivity contribution in [1.82, 2.24) is 0 Å². The number of rotatable bonds is 1. The second-order valence-corrected chi connectivity index (χ2v) is 6.38. The van der Waals surface area contributed by atoms with Crippen molar-refractivity contribution in [2.24, 2.45) is 0 Å². The zero-order valence-corrected chi connectivity index (χ0v) is 14.0. The summed E-state index contributed by atoms with van der Waals surface area (Å²) >= 11 is 15.3. The largest absolute Gasteiger partial charge is 0.454 e. The lowest BCUT2D eigenvalue weighted by atomic mass is 10.1. The van der Waals surface area contributed by atoms with Gasteiger partial charge in [-0.05, 0) is 59.3 Å². The highest BCUT2D eigenvalue weighted by Gasteiger charge is 2.15. The maximum atomic E-state index is 12.5. The van der Waals surface area contributed by atoms with E-state index in [0.29, 0.717) is 36.8 Å². The number of hydrogen-bond donors (Lipinski definition) is 0. The molecule has 106 valence electrons. The molecule has 3 rings (SSSR count). The van der Waals surface area contributed by atoms with Crippen LogP contribution in [0.2, 0.25) is 10.0 Å². The third-order valence-electron chi connectivity index (χ3n) is 3.24. The van der Waals surface area contributed by atoms with Crippen LogP contribution in [-0.4, -0.2) is 0 Å². The Hall–Kier alpha value is -1.29. The van der Waals surface area contributed by atoms with Crippen molar-refractivity contribution in [1.29, 1.82) is 0 Å². The molecule has 0 saturated carbocycles. The van der Waals surface area contributed by atoms with E-state index in [1.165, 1.54) is 0 Å². The highest BCUT2D eigenvalue weighted by atomic mass is 79.9. The SMILES string of the molecule is Cc1c(-c2ccc(Cl)cc2)oc2c(Br)cc(Cl)cc2c1=O. The zero-order chi connectivity index (χ0) is 15.1. The fourth-order valence-corrected chi connectivity index (χ4v) is 3.21. The van der Waals surface area contributed by atoms with Crippen LogP contribution in [0.1, 0.15) is 5.56 Å². The van der Waals surface area contributed by atoms with Crippen LogP contribution in [0.5, 0.6) is 0 Å². The first-order valence-corrected chi connectivity index (χ1v) is 7.70. The van der Waals surface area contributed by atoms with Crippen LogP contribution in [-0.2, 0) is 0 Å². The van der Waals surface area contributed by atoms with Gasteiger partial charge in [0.2, 0.25) is 0 Å². The number of hydrogen-bond acceptors (Lipinski definition) is 2. The van der Waals surface area contributed by atoms with Crippen LogP contribution < -0.4 is 5.43 Å². The summed E-state index contributed by atoms with van der Waals surface area (Å²) in [6.45, 7) is 1.74. The van der Waals surface area contributed by atoms with Gasteiger partial charge in [0.1, 0.15) is 5.76 Å². The molecule has 2 nitrogen and oxygen atoms in total. The third kappa shape index (κ3) is 2.61. The summed E-state index contributed by atoms with van der Waals surface area (Å²) in [5.74, 6) is 0.534. The van der Waals surface area contributed by atoms with Crippen molar-refractivity contribution >= 4 is 50.1 Å². The normalized spacial score (nSPS) is 11.0. The molecular formula is C16H9BrCl2O2. The van der Waals surface area contributed by atoms with Gasteiger partial charge in [-0.3, -0.25) is 4.79 Å². The van der Waals surface area contributed by atoms with Crippen LogP contribution in [0.25, 0.3) is 22.3 Å². The molecule has 2 aromatic carbocycles. The van der Waals surface area contributed by atoms with E-state index < -0.39 is 0 Å². The van der Waals surface area contributed by atoms with Crippen molar-refractivity contribution in [2.45, 2.75) is 6.92 Å². The Kier molecular flexibility index (Phi) is 3.82. The van der Waals surface area contributed by atoms with E-state index in [9.17, 15) is 4.79 Å². The number of halogens is 3. The predicted octanol–water partition coefficient (Wildman–Crippen LogP) is 5.84. The molecule has 0 aliphatic heterocycles. The third-order valence-corrected chi connectivity index (χ3v) is 4.30. The first kappa shape index (κ1) is 14.6. The van der Waals surface area contributed by atoms with Crippen molar-refractivity contribution in [3.63, 3.8) is 0 Å². The summed E-state index contributed by atoms with van der Waals surface area (Å²) in [5, 5.41) is 1.58. The van der Waals surface area contributed by atoms with Crippen LogP contribution in [0.4, 0.5) is 0 Å². The summed E-state index contributed by atoms with van der Waals surface area (Å²) in [6, 6.07) is 10.5. The summed E-state index contributed by atoms with van der Waals surface area (Å²) in [7, 11) is 0. The molecule has 0 N–H and O–H groups in total. The molecule has 1 heterocycles. The van der Waals surface area contributed by atoms with Gasteiger partial charge in [0.25, 0.3) is 0 Å². The van der Waals surface area contributed by atoms with E-state index in [4.69, 9.17) is 27.6 Å². The van der Waals surface area contributed by atoms with E-state index in [1.807, 2.05) is 12.1 Å². The van der Waals surface area contributed by atoms with E-state index >= 15 is 0 Å². The lowest BCUT2D eigenvalue weighted by molar-refractivity contribution is 0.612. The molecule has 0 bridgehead atoms. The van der Waals surface area contributed by atoms with Crippen LogP contribution in [0, 0.1) is 6.92 Å². The molecule has 0 fully saturated rings. The van der Waals surface area contributed by atoms with Gasteiger partial charge in [0, 0.05) is 21.2 Å². The zero-order valence-electron chi connectivity index (χ0n) is 10.9. The lowest BCUT2D eigenvalue weighted by Gasteiger charge is -2.08. The Morgan fingerprint density at radius 1 is 1.05 bits per heavy atom. The second kappa shape index (κ2) is 5.48. The van der Waals surface area contributed by atoms with E-state index in [1.54, 1.807) is 31.2 Å². The van der Waals surface area contributed by atoms with Crippen LogP contribution in [0.15, 0.2) is 50.1 Å². The van der Waals surface area contributed by atoms with E-state index in [0.717, 1.165) is 5.56 Å². The Morgan fingerprint density at radius 2 is 1.71 bits per heavy atom. The summed E-state index contributed by atoms with van der Waals surface area (Å²) in [6.07, 6.45) is 0. The number of benzene rings is 2. The van der Waals surface area contributed by atoms with E-state index in [2.05, 4.69) is 15.9 Å². The predicted molar refractivity (Wildman–Crippen MR) is 90.4 cm³/mol. The molecule has 0 unspecified atom stereocenters. The standard InChI is InChI=1S/C16H9BrCl2O2/c1-8-14(20)12-6-11(19)7-13(17)16(12)21-15(8)9-2-4-10(18)5-3-9/h2-7H,1H3. The van der Waals surface area contributed by atoms with Gasteiger partial charge >= 0.3 is 0 Å². The molecule has 0 saturated heterocycles. The van der Waals surface area contributed by atoms with Gasteiger partial charge in [-0.1, -0.05) is 23.2 Å². The second-order valence-electron chi connectivity index (χ2n) is 4.66. The van der Waals surface area contributed by atoms with Crippen molar-refractivity contribution < 1.29 is 4.42 Å². The lowest BCUT2D eigenvalue weighted by Crippen LogP contribution is -2.07. The molecule has 1 aromatic heterocycles. The monoisotopic (exact) mass is 382 g/mol. The quantitative estimate of drug-likeness (QED) is 0.528. The van der Waals surface area contributed by atoms with E-state index in [-0.39, 0.29) is 5.43 Å². The van der Waals surface area contributed by atoms with Gasteiger partial charge in [0.15, 0.2) is 11.0 Å². The van der Waals surface area contributed by atoms with Crippen molar-refractivity contribution in [2.75, 3.05) is 0 Å². The summed E-state index contributed by atoms with van der Waals surface area (Å²) in [5.41, 5.74) is 1.74. The van der Waals surface area contributed by atoms with Gasteiger partial charge in [-0.2, -0.15) is 0 Å². The minimum Gasteiger partial charge on any atom is -0.454 e. The van der Waals surface area contributed by atoms with Crippen LogP contribution in [0.3, 0.4) is 0 Å². The molecule has 21 heavy (non-hydrogen) atoms. The molecule has 0 radical (unpaired) electrons. The molecule has 0 atom stereocenters. The summed E-state index contributed by atoms with van der Waals surface area (Å²) < 4.78 is 6.59. The van der Waals surface area contributed by atoms with Gasteiger partial charge in [-0.15, -0.1) is 0 Å².